The maximum atomic E-state index is 12.6. The van der Waals surface area contributed by atoms with Crippen molar-refractivity contribution in [1.29, 1.82) is 0 Å². The Balaban J connectivity index is 2.01. The number of ether oxygens (including phenoxy) is 1. The number of esters is 1. The van der Waals surface area contributed by atoms with Gasteiger partial charge >= 0.3 is 174 Å². The molecule has 2 rings (SSSR count). The minimum absolute atomic E-state index is 0.117. The van der Waals surface area contributed by atoms with E-state index in [1.165, 1.54) is 17.1 Å². The molecule has 2 amide bonds. The third-order valence-corrected chi connectivity index (χ3v) is 7.74. The average molecular weight is 465 g/mol. The molecule has 0 aliphatic carbocycles. The normalized spacial score (nSPS) is 11.4. The van der Waals surface area contributed by atoms with E-state index in [4.69, 9.17) is 4.74 Å². The van der Waals surface area contributed by atoms with Crippen molar-refractivity contribution in [3.8, 4) is 0 Å². The molecule has 0 heterocycles. The molecular formula is C20H22N2O4SSe. The Morgan fingerprint density at radius 2 is 1.75 bits per heavy atom. The molecule has 0 aromatic heterocycles. The Hall–Kier alpha value is -2.28. The van der Waals surface area contributed by atoms with Crippen LogP contribution < -0.4 is 15.1 Å². The number of para-hydroxylation sites is 1. The molecule has 2 aromatic carbocycles. The molecule has 148 valence electrons. The third kappa shape index (κ3) is 7.03. The summed E-state index contributed by atoms with van der Waals surface area (Å²) >= 11 is -0.117. The van der Waals surface area contributed by atoms with Crippen LogP contribution in [-0.2, 0) is 14.3 Å². The summed E-state index contributed by atoms with van der Waals surface area (Å²) in [5.41, 5.74) is 1.33. The van der Waals surface area contributed by atoms with Gasteiger partial charge in [-0.05, 0) is 0 Å². The van der Waals surface area contributed by atoms with Gasteiger partial charge in [-0.25, -0.2) is 0 Å². The summed E-state index contributed by atoms with van der Waals surface area (Å²) in [6.45, 7) is 3.35. The van der Waals surface area contributed by atoms with Crippen LogP contribution in [0.4, 0.5) is 5.69 Å². The fourth-order valence-corrected chi connectivity index (χ4v) is 6.47. The van der Waals surface area contributed by atoms with Gasteiger partial charge in [-0.15, -0.1) is 0 Å². The van der Waals surface area contributed by atoms with E-state index in [2.05, 4.69) is 10.6 Å². The van der Waals surface area contributed by atoms with Gasteiger partial charge in [0.25, 0.3) is 0 Å². The molecule has 2 aromatic rings. The molecule has 2 N–H and O–H groups in total. The van der Waals surface area contributed by atoms with E-state index in [0.29, 0.717) is 11.3 Å². The number of benzene rings is 2. The average Bonchev–Trinajstić information content (AvgIpc) is 2.68. The van der Waals surface area contributed by atoms with Crippen LogP contribution in [0.3, 0.4) is 0 Å². The molecule has 0 radical (unpaired) electrons. The van der Waals surface area contributed by atoms with E-state index >= 15 is 0 Å². The second-order valence-electron chi connectivity index (χ2n) is 5.69. The molecule has 0 saturated carbocycles. The summed E-state index contributed by atoms with van der Waals surface area (Å²) in [6.07, 6.45) is 0. The molecule has 0 bridgehead atoms. The van der Waals surface area contributed by atoms with Gasteiger partial charge < -0.3 is 0 Å². The van der Waals surface area contributed by atoms with E-state index in [0.717, 1.165) is 10.1 Å². The van der Waals surface area contributed by atoms with Crippen LogP contribution in [0, 0.1) is 0 Å². The zero-order valence-corrected chi connectivity index (χ0v) is 18.2. The predicted octanol–water partition coefficient (Wildman–Crippen LogP) is 1.98. The number of carbonyl (C=O) groups excluding carboxylic acids is 3. The first-order valence-electron chi connectivity index (χ1n) is 8.70. The van der Waals surface area contributed by atoms with Crippen molar-refractivity contribution in [3.05, 3.63) is 60.2 Å². The fraction of sp³-hybridized carbons (Fsp3) is 0.250. The molecule has 0 unspecified atom stereocenters. The molecule has 0 fully saturated rings. The molecule has 0 saturated heterocycles. The van der Waals surface area contributed by atoms with Crippen molar-refractivity contribution < 1.29 is 19.1 Å². The monoisotopic (exact) mass is 466 g/mol. The molecule has 0 aliphatic rings. The number of carbonyl (C=O) groups is 3. The van der Waals surface area contributed by atoms with Crippen molar-refractivity contribution in [3.63, 3.8) is 0 Å². The van der Waals surface area contributed by atoms with Crippen LogP contribution in [0.5, 0.6) is 0 Å². The Morgan fingerprint density at radius 1 is 1.07 bits per heavy atom. The SMILES string of the molecule is CCOC(=O)[C@H](CS[Se]c1ccccc1C(=O)Nc1ccccc1)NC(C)=O. The number of amides is 2. The third-order valence-electron chi connectivity index (χ3n) is 3.50. The van der Waals surface area contributed by atoms with E-state index < -0.39 is 12.0 Å². The second-order valence-corrected chi connectivity index (χ2v) is 9.88. The van der Waals surface area contributed by atoms with Crippen LogP contribution in [0.25, 0.3) is 0 Å². The molecule has 1 atom stereocenters. The van der Waals surface area contributed by atoms with Gasteiger partial charge in [-0.3, -0.25) is 0 Å². The van der Waals surface area contributed by atoms with Gasteiger partial charge in [-0.1, -0.05) is 0 Å². The van der Waals surface area contributed by atoms with Gasteiger partial charge in [0.15, 0.2) is 0 Å². The summed E-state index contributed by atoms with van der Waals surface area (Å²) in [5.74, 6) is -0.523. The van der Waals surface area contributed by atoms with Gasteiger partial charge in [0.2, 0.25) is 0 Å². The molecule has 0 spiro atoms. The first-order chi connectivity index (χ1) is 13.5. The molecule has 8 heteroatoms. The van der Waals surface area contributed by atoms with Crippen LogP contribution in [0.1, 0.15) is 24.2 Å². The molecule has 0 aliphatic heterocycles. The number of hydrogen-bond donors (Lipinski definition) is 2. The summed E-state index contributed by atoms with van der Waals surface area (Å²) < 4.78 is 5.93. The predicted molar refractivity (Wildman–Crippen MR) is 113 cm³/mol. The van der Waals surface area contributed by atoms with Crippen molar-refractivity contribution >= 4 is 51.9 Å². The van der Waals surface area contributed by atoms with Crippen LogP contribution in [0.2, 0.25) is 0 Å². The Bertz CT molecular complexity index is 817. The summed E-state index contributed by atoms with van der Waals surface area (Å²) in [6, 6.07) is 16.0. The van der Waals surface area contributed by atoms with E-state index in [1.807, 2.05) is 48.5 Å². The van der Waals surface area contributed by atoms with Crippen LogP contribution in [-0.4, -0.2) is 50.0 Å². The quantitative estimate of drug-likeness (QED) is 0.437. The Kier molecular flexibility index (Phi) is 9.07. The molecule has 6 nitrogen and oxygen atoms in total. The standard InChI is InChI=1S/C20H22N2O4SSe/c1-3-26-20(25)17(21-14(2)23)13-27-28-18-12-8-7-11-16(18)19(24)22-15-9-5-4-6-10-15/h4-12,17H,3,13H2,1-2H3,(H,21,23)(H,22,24)/t17-/m0/s1. The summed E-state index contributed by atoms with van der Waals surface area (Å²) in [5, 5.41) is 5.51. The van der Waals surface area contributed by atoms with E-state index in [9.17, 15) is 14.4 Å². The second kappa shape index (κ2) is 11.5. The van der Waals surface area contributed by atoms with Gasteiger partial charge in [0.1, 0.15) is 0 Å². The zero-order valence-electron chi connectivity index (χ0n) is 15.6. The topological polar surface area (TPSA) is 84.5 Å². The Morgan fingerprint density at radius 3 is 2.43 bits per heavy atom. The fourth-order valence-electron chi connectivity index (χ4n) is 2.27. The number of hydrogen-bond acceptors (Lipinski definition) is 5. The summed E-state index contributed by atoms with van der Waals surface area (Å²) in [4.78, 5) is 36.0. The van der Waals surface area contributed by atoms with Crippen molar-refractivity contribution in [2.45, 2.75) is 19.9 Å². The summed E-state index contributed by atoms with van der Waals surface area (Å²) in [7, 11) is 1.52. The molecular weight excluding hydrogens is 443 g/mol. The maximum absolute atomic E-state index is 12.6. The molecule has 28 heavy (non-hydrogen) atoms. The minimum atomic E-state index is -0.699. The first-order valence-corrected chi connectivity index (χ1v) is 12.6. The van der Waals surface area contributed by atoms with Crippen LogP contribution >= 0.6 is 10.2 Å². The van der Waals surface area contributed by atoms with Crippen molar-refractivity contribution in [1.82, 2.24) is 5.32 Å². The Labute approximate surface area is 174 Å². The van der Waals surface area contributed by atoms with Gasteiger partial charge in [0.05, 0.1) is 0 Å². The first kappa shape index (κ1) is 22.0. The number of anilines is 1. The zero-order chi connectivity index (χ0) is 20.4. The number of nitrogens with one attached hydrogen (secondary N) is 2. The van der Waals surface area contributed by atoms with E-state index in [-0.39, 0.29) is 32.3 Å². The van der Waals surface area contributed by atoms with E-state index in [1.54, 1.807) is 13.0 Å². The number of rotatable bonds is 9. The van der Waals surface area contributed by atoms with Crippen molar-refractivity contribution in [2.75, 3.05) is 17.7 Å². The van der Waals surface area contributed by atoms with Gasteiger partial charge in [0, 0.05) is 0 Å². The van der Waals surface area contributed by atoms with Crippen LogP contribution in [0.15, 0.2) is 54.6 Å². The van der Waals surface area contributed by atoms with Gasteiger partial charge in [-0.2, -0.15) is 0 Å². The van der Waals surface area contributed by atoms with Crippen molar-refractivity contribution in [2.24, 2.45) is 0 Å².